The largest absolute Gasteiger partial charge is 0.255 e. The summed E-state index contributed by atoms with van der Waals surface area (Å²) in [6.07, 6.45) is 1.72. The zero-order valence-electron chi connectivity index (χ0n) is 8.65. The predicted octanol–water partition coefficient (Wildman–Crippen LogP) is 2.10. The molecule has 1 aromatic heterocycles. The molecule has 0 fully saturated rings. The average Bonchev–Trinajstić information content (AvgIpc) is 2.56. The number of hydrogen-bond acceptors (Lipinski definition) is 2. The highest BCUT2D eigenvalue weighted by atomic mass is 15.3. The summed E-state index contributed by atoms with van der Waals surface area (Å²) >= 11 is 0. The molecular weight excluding hydrogens is 174 g/mol. The highest BCUT2D eigenvalue weighted by Gasteiger charge is 2.05. The quantitative estimate of drug-likeness (QED) is 0.684. The molecule has 0 atom stereocenters. The standard InChI is InChI=1S/C11H13N3/c1-8-4-5-9(2)10(6-8)11-12-7-14(3)13-11/h4-7H,1-3H3. The summed E-state index contributed by atoms with van der Waals surface area (Å²) in [4.78, 5) is 4.24. The summed E-state index contributed by atoms with van der Waals surface area (Å²) in [5.41, 5.74) is 3.56. The van der Waals surface area contributed by atoms with Crippen molar-refractivity contribution in [3.05, 3.63) is 35.7 Å². The van der Waals surface area contributed by atoms with Gasteiger partial charge in [0, 0.05) is 12.6 Å². The summed E-state index contributed by atoms with van der Waals surface area (Å²) in [6, 6.07) is 6.31. The van der Waals surface area contributed by atoms with E-state index in [2.05, 4.69) is 42.1 Å². The smallest absolute Gasteiger partial charge is 0.181 e. The van der Waals surface area contributed by atoms with Gasteiger partial charge in [0.1, 0.15) is 6.33 Å². The number of aryl methyl sites for hydroxylation is 3. The van der Waals surface area contributed by atoms with E-state index in [1.165, 1.54) is 11.1 Å². The summed E-state index contributed by atoms with van der Waals surface area (Å²) in [7, 11) is 1.88. The van der Waals surface area contributed by atoms with Gasteiger partial charge in [0.05, 0.1) is 0 Å². The van der Waals surface area contributed by atoms with Crippen molar-refractivity contribution in [1.29, 1.82) is 0 Å². The molecule has 0 bridgehead atoms. The first kappa shape index (κ1) is 8.94. The van der Waals surface area contributed by atoms with E-state index in [0.29, 0.717) is 0 Å². The molecule has 0 radical (unpaired) electrons. The highest BCUT2D eigenvalue weighted by molar-refractivity contribution is 5.60. The highest BCUT2D eigenvalue weighted by Crippen LogP contribution is 2.20. The molecule has 1 heterocycles. The van der Waals surface area contributed by atoms with Gasteiger partial charge in [-0.05, 0) is 25.5 Å². The van der Waals surface area contributed by atoms with E-state index in [0.717, 1.165) is 11.4 Å². The van der Waals surface area contributed by atoms with Crippen LogP contribution in [-0.2, 0) is 7.05 Å². The van der Waals surface area contributed by atoms with Gasteiger partial charge in [-0.3, -0.25) is 4.68 Å². The molecule has 0 aliphatic heterocycles. The monoisotopic (exact) mass is 187 g/mol. The Morgan fingerprint density at radius 3 is 2.64 bits per heavy atom. The lowest BCUT2D eigenvalue weighted by atomic mass is 10.1. The van der Waals surface area contributed by atoms with Gasteiger partial charge in [0.2, 0.25) is 0 Å². The number of benzene rings is 1. The Bertz CT molecular complexity index is 457. The third-order valence-corrected chi connectivity index (χ3v) is 2.23. The van der Waals surface area contributed by atoms with Crippen LogP contribution in [0.4, 0.5) is 0 Å². The first-order chi connectivity index (χ1) is 6.66. The molecule has 2 aromatic rings. The van der Waals surface area contributed by atoms with Crippen molar-refractivity contribution < 1.29 is 0 Å². The van der Waals surface area contributed by atoms with E-state index in [4.69, 9.17) is 0 Å². The molecule has 1 aromatic carbocycles. The molecule has 3 nitrogen and oxygen atoms in total. The summed E-state index contributed by atoms with van der Waals surface area (Å²) in [6.45, 7) is 4.15. The Morgan fingerprint density at radius 1 is 1.21 bits per heavy atom. The number of aromatic nitrogens is 3. The normalized spacial score (nSPS) is 10.5. The average molecular weight is 187 g/mol. The fraction of sp³-hybridized carbons (Fsp3) is 0.273. The molecular formula is C11H13N3. The summed E-state index contributed by atoms with van der Waals surface area (Å²) < 4.78 is 1.72. The molecule has 0 spiro atoms. The Morgan fingerprint density at radius 2 is 2.00 bits per heavy atom. The second kappa shape index (κ2) is 3.25. The van der Waals surface area contributed by atoms with Crippen LogP contribution in [0.2, 0.25) is 0 Å². The number of nitrogens with zero attached hydrogens (tertiary/aromatic N) is 3. The van der Waals surface area contributed by atoms with Crippen LogP contribution in [-0.4, -0.2) is 14.8 Å². The molecule has 0 aliphatic carbocycles. The maximum Gasteiger partial charge on any atom is 0.181 e. The van der Waals surface area contributed by atoms with Crippen molar-refractivity contribution in [2.45, 2.75) is 13.8 Å². The third kappa shape index (κ3) is 1.53. The second-order valence-electron chi connectivity index (χ2n) is 3.56. The van der Waals surface area contributed by atoms with Gasteiger partial charge in [0.15, 0.2) is 5.82 Å². The topological polar surface area (TPSA) is 30.7 Å². The van der Waals surface area contributed by atoms with Gasteiger partial charge in [-0.15, -0.1) is 0 Å². The van der Waals surface area contributed by atoms with Crippen LogP contribution in [0.25, 0.3) is 11.4 Å². The van der Waals surface area contributed by atoms with Crippen molar-refractivity contribution in [1.82, 2.24) is 14.8 Å². The van der Waals surface area contributed by atoms with Crippen molar-refractivity contribution >= 4 is 0 Å². The minimum atomic E-state index is 0.800. The molecule has 72 valence electrons. The molecule has 3 heteroatoms. The van der Waals surface area contributed by atoms with Gasteiger partial charge in [-0.2, -0.15) is 5.10 Å². The van der Waals surface area contributed by atoms with Crippen LogP contribution < -0.4 is 0 Å². The van der Waals surface area contributed by atoms with Crippen molar-refractivity contribution in [3.8, 4) is 11.4 Å². The van der Waals surface area contributed by atoms with Gasteiger partial charge >= 0.3 is 0 Å². The van der Waals surface area contributed by atoms with Crippen LogP contribution in [0.5, 0.6) is 0 Å². The number of hydrogen-bond donors (Lipinski definition) is 0. The third-order valence-electron chi connectivity index (χ3n) is 2.23. The Kier molecular flexibility index (Phi) is 2.08. The van der Waals surface area contributed by atoms with Crippen LogP contribution >= 0.6 is 0 Å². The van der Waals surface area contributed by atoms with Gasteiger partial charge in [0.25, 0.3) is 0 Å². The van der Waals surface area contributed by atoms with Crippen LogP contribution in [0.15, 0.2) is 24.5 Å². The molecule has 14 heavy (non-hydrogen) atoms. The van der Waals surface area contributed by atoms with E-state index < -0.39 is 0 Å². The Hall–Kier alpha value is -1.64. The van der Waals surface area contributed by atoms with E-state index >= 15 is 0 Å². The molecule has 0 unspecified atom stereocenters. The van der Waals surface area contributed by atoms with Crippen molar-refractivity contribution in [2.75, 3.05) is 0 Å². The van der Waals surface area contributed by atoms with E-state index in [9.17, 15) is 0 Å². The lowest BCUT2D eigenvalue weighted by molar-refractivity contribution is 0.768. The van der Waals surface area contributed by atoms with E-state index in [-0.39, 0.29) is 0 Å². The molecule has 0 saturated carbocycles. The Labute approximate surface area is 83.4 Å². The summed E-state index contributed by atoms with van der Waals surface area (Å²) in [5.74, 6) is 0.800. The van der Waals surface area contributed by atoms with Gasteiger partial charge in [-0.1, -0.05) is 17.7 Å². The van der Waals surface area contributed by atoms with E-state index in [1.807, 2.05) is 7.05 Å². The first-order valence-corrected chi connectivity index (χ1v) is 4.60. The van der Waals surface area contributed by atoms with Crippen molar-refractivity contribution in [2.24, 2.45) is 7.05 Å². The molecule has 0 aliphatic rings. The van der Waals surface area contributed by atoms with Crippen LogP contribution in [0.1, 0.15) is 11.1 Å². The minimum Gasteiger partial charge on any atom is -0.255 e. The summed E-state index contributed by atoms with van der Waals surface area (Å²) in [5, 5.41) is 4.29. The Balaban J connectivity index is 2.55. The number of rotatable bonds is 1. The minimum absolute atomic E-state index is 0.800. The van der Waals surface area contributed by atoms with Crippen molar-refractivity contribution in [3.63, 3.8) is 0 Å². The lowest BCUT2D eigenvalue weighted by Gasteiger charge is -2.02. The van der Waals surface area contributed by atoms with Gasteiger partial charge < -0.3 is 0 Å². The first-order valence-electron chi connectivity index (χ1n) is 4.60. The predicted molar refractivity (Wildman–Crippen MR) is 55.9 cm³/mol. The zero-order valence-corrected chi connectivity index (χ0v) is 8.65. The van der Waals surface area contributed by atoms with Crippen LogP contribution in [0, 0.1) is 13.8 Å². The molecule has 0 saturated heterocycles. The molecule has 0 amide bonds. The van der Waals surface area contributed by atoms with E-state index in [1.54, 1.807) is 11.0 Å². The molecule has 2 rings (SSSR count). The second-order valence-corrected chi connectivity index (χ2v) is 3.56. The maximum absolute atomic E-state index is 4.29. The van der Waals surface area contributed by atoms with Gasteiger partial charge in [-0.25, -0.2) is 4.98 Å². The molecule has 0 N–H and O–H groups in total. The van der Waals surface area contributed by atoms with Crippen LogP contribution in [0.3, 0.4) is 0 Å². The fourth-order valence-electron chi connectivity index (χ4n) is 1.44. The lowest BCUT2D eigenvalue weighted by Crippen LogP contribution is -1.90. The fourth-order valence-corrected chi connectivity index (χ4v) is 1.44. The maximum atomic E-state index is 4.29. The zero-order chi connectivity index (χ0) is 10.1. The SMILES string of the molecule is Cc1ccc(C)c(-c2ncn(C)n2)c1.